The molecule has 0 aromatic carbocycles. The van der Waals surface area contributed by atoms with Gasteiger partial charge < -0.3 is 10.4 Å². The van der Waals surface area contributed by atoms with Crippen LogP contribution in [0, 0.1) is 13.8 Å². The zero-order valence-corrected chi connectivity index (χ0v) is 11.0. The van der Waals surface area contributed by atoms with Crippen LogP contribution in [0.5, 0.6) is 0 Å². The minimum atomic E-state index is -0.714. The highest BCUT2D eigenvalue weighted by molar-refractivity contribution is 5.92. The summed E-state index contributed by atoms with van der Waals surface area (Å²) in [5, 5.41) is 12.9. The lowest BCUT2D eigenvalue weighted by Gasteiger charge is -2.22. The molecule has 4 heteroatoms. The molecule has 18 heavy (non-hydrogen) atoms. The smallest absolute Gasteiger partial charge is 0.269 e. The Morgan fingerprint density at radius 1 is 1.39 bits per heavy atom. The Hall–Kier alpha value is -1.42. The van der Waals surface area contributed by atoms with Gasteiger partial charge in [0.1, 0.15) is 5.69 Å². The second-order valence-corrected chi connectivity index (χ2v) is 5.29. The van der Waals surface area contributed by atoms with Gasteiger partial charge in [0.15, 0.2) is 0 Å². The Morgan fingerprint density at radius 2 is 2.06 bits per heavy atom. The fourth-order valence-electron chi connectivity index (χ4n) is 2.50. The first kappa shape index (κ1) is 13.0. The molecular formula is C14H20N2O2. The maximum Gasteiger partial charge on any atom is 0.269 e. The van der Waals surface area contributed by atoms with Crippen molar-refractivity contribution in [3.05, 3.63) is 29.1 Å². The van der Waals surface area contributed by atoms with E-state index >= 15 is 0 Å². The van der Waals surface area contributed by atoms with Crippen molar-refractivity contribution in [1.29, 1.82) is 0 Å². The quantitative estimate of drug-likeness (QED) is 0.856. The third-order valence-electron chi connectivity index (χ3n) is 3.44. The van der Waals surface area contributed by atoms with Gasteiger partial charge in [0.05, 0.1) is 5.60 Å². The van der Waals surface area contributed by atoms with Gasteiger partial charge in [-0.25, -0.2) is 4.98 Å². The molecule has 0 aliphatic heterocycles. The van der Waals surface area contributed by atoms with Gasteiger partial charge in [0.2, 0.25) is 0 Å². The molecule has 1 heterocycles. The molecule has 1 fully saturated rings. The zero-order valence-electron chi connectivity index (χ0n) is 11.0. The topological polar surface area (TPSA) is 62.2 Å². The molecule has 98 valence electrons. The number of rotatable bonds is 3. The highest BCUT2D eigenvalue weighted by Gasteiger charge is 2.31. The van der Waals surface area contributed by atoms with Gasteiger partial charge in [0, 0.05) is 12.2 Å². The van der Waals surface area contributed by atoms with Crippen LogP contribution in [0.1, 0.15) is 47.4 Å². The molecule has 4 nitrogen and oxygen atoms in total. The summed E-state index contributed by atoms with van der Waals surface area (Å²) < 4.78 is 0. The lowest BCUT2D eigenvalue weighted by molar-refractivity contribution is 0.0448. The molecule has 0 unspecified atom stereocenters. The van der Waals surface area contributed by atoms with E-state index in [0.29, 0.717) is 12.2 Å². The number of hydrogen-bond donors (Lipinski definition) is 2. The lowest BCUT2D eigenvalue weighted by Crippen LogP contribution is -2.41. The van der Waals surface area contributed by atoms with Crippen molar-refractivity contribution in [2.75, 3.05) is 6.54 Å². The number of aliphatic hydroxyl groups is 1. The van der Waals surface area contributed by atoms with Crippen LogP contribution in [0.25, 0.3) is 0 Å². The van der Waals surface area contributed by atoms with Crippen LogP contribution in [0.4, 0.5) is 0 Å². The van der Waals surface area contributed by atoms with Crippen molar-refractivity contribution >= 4 is 5.91 Å². The number of amides is 1. The van der Waals surface area contributed by atoms with Crippen LogP contribution < -0.4 is 5.32 Å². The molecule has 0 bridgehead atoms. The molecule has 1 aromatic heterocycles. The monoisotopic (exact) mass is 248 g/mol. The molecule has 1 aliphatic carbocycles. The number of nitrogens with zero attached hydrogens (tertiary/aromatic N) is 1. The van der Waals surface area contributed by atoms with Gasteiger partial charge in [-0.3, -0.25) is 4.79 Å². The Labute approximate surface area is 107 Å². The number of pyridine rings is 1. The van der Waals surface area contributed by atoms with Crippen LogP contribution >= 0.6 is 0 Å². The molecule has 1 amide bonds. The van der Waals surface area contributed by atoms with Crippen molar-refractivity contribution in [3.63, 3.8) is 0 Å². The number of carbonyl (C=O) groups is 1. The molecule has 1 aromatic rings. The summed E-state index contributed by atoms with van der Waals surface area (Å²) in [6.45, 7) is 4.13. The number of carbonyl (C=O) groups excluding carboxylic acids is 1. The third-order valence-corrected chi connectivity index (χ3v) is 3.44. The minimum absolute atomic E-state index is 0.206. The summed E-state index contributed by atoms with van der Waals surface area (Å²) in [5.74, 6) is -0.206. The van der Waals surface area contributed by atoms with E-state index in [4.69, 9.17) is 0 Å². The van der Waals surface area contributed by atoms with Crippen molar-refractivity contribution in [1.82, 2.24) is 10.3 Å². The zero-order chi connectivity index (χ0) is 13.2. The van der Waals surface area contributed by atoms with Gasteiger partial charge in [0.25, 0.3) is 5.91 Å². The first-order chi connectivity index (χ1) is 8.48. The molecular weight excluding hydrogens is 228 g/mol. The highest BCUT2D eigenvalue weighted by Crippen LogP contribution is 2.28. The summed E-state index contributed by atoms with van der Waals surface area (Å²) in [6.07, 6.45) is 3.61. The second-order valence-electron chi connectivity index (χ2n) is 5.29. The number of hydrogen-bond acceptors (Lipinski definition) is 3. The van der Waals surface area contributed by atoms with E-state index < -0.39 is 5.60 Å². The number of nitrogens with one attached hydrogen (secondary N) is 1. The first-order valence-corrected chi connectivity index (χ1v) is 6.44. The second kappa shape index (κ2) is 5.06. The molecule has 1 aliphatic rings. The summed E-state index contributed by atoms with van der Waals surface area (Å²) in [5.41, 5.74) is 1.56. The lowest BCUT2D eigenvalue weighted by atomic mass is 10.0. The maximum absolute atomic E-state index is 12.0. The molecule has 2 rings (SSSR count). The van der Waals surface area contributed by atoms with E-state index in [9.17, 15) is 9.90 Å². The van der Waals surface area contributed by atoms with E-state index in [-0.39, 0.29) is 5.91 Å². The molecule has 0 saturated heterocycles. The van der Waals surface area contributed by atoms with Crippen LogP contribution in [-0.2, 0) is 0 Å². The highest BCUT2D eigenvalue weighted by atomic mass is 16.3. The minimum Gasteiger partial charge on any atom is -0.388 e. The van der Waals surface area contributed by atoms with Crippen LogP contribution in [-0.4, -0.2) is 28.1 Å². The van der Waals surface area contributed by atoms with Crippen molar-refractivity contribution in [2.45, 2.75) is 45.1 Å². The average molecular weight is 248 g/mol. The van der Waals surface area contributed by atoms with Crippen LogP contribution in [0.15, 0.2) is 12.1 Å². The van der Waals surface area contributed by atoms with E-state index in [2.05, 4.69) is 10.3 Å². The van der Waals surface area contributed by atoms with E-state index in [0.717, 1.165) is 36.9 Å². The Bertz CT molecular complexity index is 431. The summed E-state index contributed by atoms with van der Waals surface area (Å²) >= 11 is 0. The van der Waals surface area contributed by atoms with Crippen molar-refractivity contribution in [2.24, 2.45) is 0 Å². The normalized spacial score (nSPS) is 17.7. The standard InChI is InChI=1S/C14H20N2O2/c1-10-7-11(2)16-12(8-10)13(17)15-9-14(18)5-3-4-6-14/h7-8,18H,3-6,9H2,1-2H3,(H,15,17). The van der Waals surface area contributed by atoms with Gasteiger partial charge in [-0.05, 0) is 44.4 Å². The number of aromatic nitrogens is 1. The Balaban J connectivity index is 1.99. The van der Waals surface area contributed by atoms with E-state index in [1.807, 2.05) is 19.9 Å². The van der Waals surface area contributed by atoms with E-state index in [1.54, 1.807) is 6.07 Å². The van der Waals surface area contributed by atoms with Crippen molar-refractivity contribution in [3.8, 4) is 0 Å². The molecule has 0 atom stereocenters. The number of aryl methyl sites for hydroxylation is 2. The van der Waals surface area contributed by atoms with Gasteiger partial charge in [-0.1, -0.05) is 12.8 Å². The van der Waals surface area contributed by atoms with Gasteiger partial charge in [-0.15, -0.1) is 0 Å². The molecule has 1 saturated carbocycles. The maximum atomic E-state index is 12.0. The largest absolute Gasteiger partial charge is 0.388 e. The fraction of sp³-hybridized carbons (Fsp3) is 0.571. The van der Waals surface area contributed by atoms with E-state index in [1.165, 1.54) is 0 Å². The molecule has 2 N–H and O–H groups in total. The molecule has 0 radical (unpaired) electrons. The van der Waals surface area contributed by atoms with Crippen LogP contribution in [0.3, 0.4) is 0 Å². The molecule has 0 spiro atoms. The SMILES string of the molecule is Cc1cc(C)nc(C(=O)NCC2(O)CCCC2)c1. The Kier molecular flexibility index (Phi) is 3.66. The third kappa shape index (κ3) is 3.07. The summed E-state index contributed by atoms with van der Waals surface area (Å²) in [4.78, 5) is 16.2. The van der Waals surface area contributed by atoms with Crippen LogP contribution in [0.2, 0.25) is 0 Å². The predicted molar refractivity (Wildman–Crippen MR) is 69.5 cm³/mol. The van der Waals surface area contributed by atoms with Gasteiger partial charge >= 0.3 is 0 Å². The predicted octanol–water partition coefficient (Wildman–Crippen LogP) is 1.73. The first-order valence-electron chi connectivity index (χ1n) is 6.44. The fourth-order valence-corrected chi connectivity index (χ4v) is 2.50. The van der Waals surface area contributed by atoms with Crippen molar-refractivity contribution < 1.29 is 9.90 Å². The summed E-state index contributed by atoms with van der Waals surface area (Å²) in [7, 11) is 0. The van der Waals surface area contributed by atoms with Gasteiger partial charge in [-0.2, -0.15) is 0 Å². The average Bonchev–Trinajstić information content (AvgIpc) is 2.72. The Morgan fingerprint density at radius 3 is 2.67 bits per heavy atom. The summed E-state index contributed by atoms with van der Waals surface area (Å²) in [6, 6.07) is 3.70.